The van der Waals surface area contributed by atoms with Gasteiger partial charge in [-0.05, 0) is 33.4 Å². The Labute approximate surface area is 128 Å². The molecule has 1 amide bonds. The van der Waals surface area contributed by atoms with Gasteiger partial charge in [-0.25, -0.2) is 9.97 Å². The van der Waals surface area contributed by atoms with Crippen molar-refractivity contribution in [2.75, 3.05) is 12.8 Å². The molecule has 0 aromatic carbocycles. The fourth-order valence-corrected chi connectivity index (χ4v) is 2.47. The molecule has 0 saturated carbocycles. The summed E-state index contributed by atoms with van der Waals surface area (Å²) in [5.74, 6) is -0.651. The highest BCUT2D eigenvalue weighted by atomic mass is 32.2. The zero-order valence-corrected chi connectivity index (χ0v) is 13.8. The van der Waals surface area contributed by atoms with Crippen molar-refractivity contribution in [2.45, 2.75) is 39.1 Å². The molecule has 21 heavy (non-hydrogen) atoms. The van der Waals surface area contributed by atoms with Crippen LogP contribution in [0.2, 0.25) is 0 Å². The lowest BCUT2D eigenvalue weighted by atomic mass is 9.87. The molecule has 1 unspecified atom stereocenters. The van der Waals surface area contributed by atoms with Crippen LogP contribution in [-0.2, 0) is 4.79 Å². The number of aliphatic carboxylic acids is 1. The Morgan fingerprint density at radius 2 is 1.95 bits per heavy atom. The zero-order valence-electron chi connectivity index (χ0n) is 13.0. The van der Waals surface area contributed by atoms with Gasteiger partial charge in [-0.1, -0.05) is 6.92 Å². The first-order chi connectivity index (χ1) is 9.75. The number of nitrogens with zero attached hydrogens (tertiary/aromatic N) is 2. The van der Waals surface area contributed by atoms with Gasteiger partial charge >= 0.3 is 5.97 Å². The highest BCUT2D eigenvalue weighted by molar-refractivity contribution is 7.98. The maximum atomic E-state index is 12.3. The fraction of sp³-hybridized carbons (Fsp3) is 0.571. The summed E-state index contributed by atoms with van der Waals surface area (Å²) in [6, 6.07) is 0. The van der Waals surface area contributed by atoms with Crippen LogP contribution in [0.1, 0.15) is 42.1 Å². The Bertz CT molecular complexity index is 563. The van der Waals surface area contributed by atoms with Crippen molar-refractivity contribution in [2.24, 2.45) is 5.41 Å². The van der Waals surface area contributed by atoms with Crippen molar-refractivity contribution < 1.29 is 14.7 Å². The Kier molecular flexibility index (Phi) is 5.71. The molecule has 0 aliphatic heterocycles. The minimum absolute atomic E-state index is 0.0683. The number of aromatic nitrogens is 2. The number of carboxylic acid groups (broad SMARTS) is 1. The van der Waals surface area contributed by atoms with Crippen molar-refractivity contribution >= 4 is 23.6 Å². The summed E-state index contributed by atoms with van der Waals surface area (Å²) in [5, 5.41) is 12.5. The smallest absolute Gasteiger partial charge is 0.311 e. The maximum Gasteiger partial charge on any atom is 0.311 e. The number of amides is 1. The third-order valence-electron chi connectivity index (χ3n) is 3.52. The number of rotatable bonds is 6. The average molecular weight is 311 g/mol. The van der Waals surface area contributed by atoms with Gasteiger partial charge in [0.2, 0.25) is 0 Å². The minimum Gasteiger partial charge on any atom is -0.481 e. The van der Waals surface area contributed by atoms with E-state index in [1.807, 2.05) is 6.26 Å². The lowest BCUT2D eigenvalue weighted by Gasteiger charge is -2.23. The number of aryl methyl sites for hydroxylation is 2. The molecule has 0 spiro atoms. The molecule has 1 rings (SSSR count). The molecule has 0 aliphatic carbocycles. The normalized spacial score (nSPS) is 13.6. The summed E-state index contributed by atoms with van der Waals surface area (Å²) in [6.45, 7) is 6.99. The molecule has 0 aliphatic rings. The van der Waals surface area contributed by atoms with Crippen molar-refractivity contribution in [3.63, 3.8) is 0 Å². The van der Waals surface area contributed by atoms with Crippen molar-refractivity contribution in [1.29, 1.82) is 0 Å². The first-order valence-electron chi connectivity index (χ1n) is 6.66. The largest absolute Gasteiger partial charge is 0.481 e. The Hall–Kier alpha value is -1.63. The second-order valence-electron chi connectivity index (χ2n) is 5.14. The molecule has 7 heteroatoms. The van der Waals surface area contributed by atoms with Crippen LogP contribution < -0.4 is 5.32 Å². The van der Waals surface area contributed by atoms with Crippen LogP contribution in [0.15, 0.2) is 5.03 Å². The van der Waals surface area contributed by atoms with Gasteiger partial charge in [-0.15, -0.1) is 11.8 Å². The molecule has 0 saturated heterocycles. The second kappa shape index (κ2) is 6.89. The number of nitrogens with one attached hydrogen (secondary N) is 1. The lowest BCUT2D eigenvalue weighted by Crippen LogP contribution is -2.41. The molecule has 1 aromatic heterocycles. The molecule has 6 nitrogen and oxygen atoms in total. The Balaban J connectivity index is 2.98. The van der Waals surface area contributed by atoms with Gasteiger partial charge < -0.3 is 10.4 Å². The number of hydrogen-bond donors (Lipinski definition) is 2. The SMILES string of the molecule is CCC(C)(CNC(=O)c1c(C)nc(C)nc1SC)C(=O)O. The van der Waals surface area contributed by atoms with Gasteiger partial charge in [0, 0.05) is 6.54 Å². The topological polar surface area (TPSA) is 92.2 Å². The summed E-state index contributed by atoms with van der Waals surface area (Å²) in [5.41, 5.74) is 0.0316. The van der Waals surface area contributed by atoms with E-state index >= 15 is 0 Å². The number of hydrogen-bond acceptors (Lipinski definition) is 5. The summed E-state index contributed by atoms with van der Waals surface area (Å²) in [7, 11) is 0. The van der Waals surface area contributed by atoms with E-state index in [0.29, 0.717) is 28.5 Å². The molecule has 0 radical (unpaired) electrons. The molecule has 0 fully saturated rings. The molecular formula is C14H21N3O3S. The van der Waals surface area contributed by atoms with Crippen molar-refractivity contribution in [1.82, 2.24) is 15.3 Å². The first kappa shape index (κ1) is 17.4. The third-order valence-corrected chi connectivity index (χ3v) is 4.21. The van der Waals surface area contributed by atoms with E-state index in [1.54, 1.807) is 27.7 Å². The van der Waals surface area contributed by atoms with Crippen LogP contribution in [0.4, 0.5) is 0 Å². The fourth-order valence-electron chi connectivity index (χ4n) is 1.81. The van der Waals surface area contributed by atoms with Gasteiger partial charge in [0.05, 0.1) is 16.7 Å². The lowest BCUT2D eigenvalue weighted by molar-refractivity contribution is -0.147. The van der Waals surface area contributed by atoms with E-state index in [2.05, 4.69) is 15.3 Å². The Morgan fingerprint density at radius 3 is 2.43 bits per heavy atom. The Morgan fingerprint density at radius 1 is 1.33 bits per heavy atom. The molecule has 1 aromatic rings. The summed E-state index contributed by atoms with van der Waals surface area (Å²) in [6.07, 6.45) is 2.27. The van der Waals surface area contributed by atoms with Gasteiger partial charge in [0.1, 0.15) is 10.9 Å². The average Bonchev–Trinajstić information content (AvgIpc) is 2.43. The van der Waals surface area contributed by atoms with E-state index in [9.17, 15) is 14.7 Å². The van der Waals surface area contributed by atoms with Gasteiger partial charge in [0.15, 0.2) is 0 Å². The van der Waals surface area contributed by atoms with Gasteiger partial charge in [-0.3, -0.25) is 9.59 Å². The molecule has 116 valence electrons. The summed E-state index contributed by atoms with van der Waals surface area (Å²) < 4.78 is 0. The molecule has 2 N–H and O–H groups in total. The van der Waals surface area contributed by atoms with E-state index in [1.165, 1.54) is 11.8 Å². The number of carboxylic acids is 1. The van der Waals surface area contributed by atoms with Crippen molar-refractivity contribution in [3.8, 4) is 0 Å². The number of carbonyl (C=O) groups is 2. The van der Waals surface area contributed by atoms with Crippen LogP contribution in [0, 0.1) is 19.3 Å². The van der Waals surface area contributed by atoms with Crippen molar-refractivity contribution in [3.05, 3.63) is 17.1 Å². The standard InChI is InChI=1S/C14H21N3O3S/c1-6-14(4,13(19)20)7-15-11(18)10-8(2)16-9(3)17-12(10)21-5/h6-7H2,1-5H3,(H,15,18)(H,19,20). The predicted molar refractivity (Wildman–Crippen MR) is 81.7 cm³/mol. The molecule has 1 atom stereocenters. The molecular weight excluding hydrogens is 290 g/mol. The van der Waals surface area contributed by atoms with Gasteiger partial charge in [-0.2, -0.15) is 0 Å². The van der Waals surface area contributed by atoms with Crippen LogP contribution in [0.3, 0.4) is 0 Å². The molecule has 1 heterocycles. The first-order valence-corrected chi connectivity index (χ1v) is 7.88. The second-order valence-corrected chi connectivity index (χ2v) is 5.94. The third kappa shape index (κ3) is 3.93. The van der Waals surface area contributed by atoms with Gasteiger partial charge in [0.25, 0.3) is 5.91 Å². The molecule has 0 bridgehead atoms. The maximum absolute atomic E-state index is 12.3. The monoisotopic (exact) mass is 311 g/mol. The van der Waals surface area contributed by atoms with E-state index < -0.39 is 11.4 Å². The van der Waals surface area contributed by atoms with Crippen LogP contribution in [0.5, 0.6) is 0 Å². The number of carbonyl (C=O) groups excluding carboxylic acids is 1. The van der Waals surface area contributed by atoms with Crippen LogP contribution >= 0.6 is 11.8 Å². The van der Waals surface area contributed by atoms with Crippen LogP contribution in [0.25, 0.3) is 0 Å². The number of thioether (sulfide) groups is 1. The highest BCUT2D eigenvalue weighted by Crippen LogP contribution is 2.22. The summed E-state index contributed by atoms with van der Waals surface area (Å²) >= 11 is 1.37. The zero-order chi connectivity index (χ0) is 16.2. The van der Waals surface area contributed by atoms with Crippen LogP contribution in [-0.4, -0.2) is 39.8 Å². The minimum atomic E-state index is -0.978. The highest BCUT2D eigenvalue weighted by Gasteiger charge is 2.32. The van der Waals surface area contributed by atoms with E-state index in [4.69, 9.17) is 0 Å². The van der Waals surface area contributed by atoms with E-state index in [0.717, 1.165) is 0 Å². The summed E-state index contributed by atoms with van der Waals surface area (Å²) in [4.78, 5) is 32.0. The predicted octanol–water partition coefficient (Wildman–Crippen LogP) is 2.05. The quantitative estimate of drug-likeness (QED) is 0.617. The van der Waals surface area contributed by atoms with E-state index in [-0.39, 0.29) is 12.5 Å².